The summed E-state index contributed by atoms with van der Waals surface area (Å²) in [5, 5.41) is 25.3. The lowest BCUT2D eigenvalue weighted by Crippen LogP contribution is -2.74. The van der Waals surface area contributed by atoms with E-state index < -0.39 is 21.1 Å². The van der Waals surface area contributed by atoms with E-state index in [1.165, 1.54) is 52.5 Å². The quantitative estimate of drug-likeness (QED) is 0.405. The van der Waals surface area contributed by atoms with Gasteiger partial charge in [-0.1, -0.05) is 24.3 Å². The van der Waals surface area contributed by atoms with E-state index in [4.69, 9.17) is 9.29 Å². The predicted octanol–water partition coefficient (Wildman–Crippen LogP) is 3.89. The highest BCUT2D eigenvalue weighted by molar-refractivity contribution is 7.85. The fourth-order valence-corrected chi connectivity index (χ4v) is 9.00. The molecule has 9 heteroatoms. The normalized spacial score (nSPS) is 31.5. The van der Waals surface area contributed by atoms with Gasteiger partial charge in [0.25, 0.3) is 10.1 Å². The van der Waals surface area contributed by atoms with Crippen LogP contribution in [0.4, 0.5) is 0 Å². The Labute approximate surface area is 234 Å². The Hall–Kier alpha value is -2.59. The van der Waals surface area contributed by atoms with E-state index in [0.29, 0.717) is 18.4 Å². The lowest BCUT2D eigenvalue weighted by Gasteiger charge is -2.63. The second kappa shape index (κ2) is 8.25. The molecule has 1 aromatic heterocycles. The number of para-hydroxylation sites is 1. The summed E-state index contributed by atoms with van der Waals surface area (Å²) in [6.45, 7) is 3.11. The Morgan fingerprint density at radius 3 is 2.67 bits per heavy atom. The van der Waals surface area contributed by atoms with Crippen molar-refractivity contribution < 1.29 is 27.9 Å². The van der Waals surface area contributed by atoms with E-state index >= 15 is 0 Å². The Bertz CT molecular complexity index is 1670. The minimum absolute atomic E-state index is 0.0913. The average molecular weight is 565 g/mol. The summed E-state index contributed by atoms with van der Waals surface area (Å²) >= 11 is 0. The number of nitrogens with zero attached hydrogens (tertiary/aromatic N) is 2. The third-order valence-electron chi connectivity index (χ3n) is 10.6. The van der Waals surface area contributed by atoms with Gasteiger partial charge in [0.1, 0.15) is 0 Å². The van der Waals surface area contributed by atoms with Crippen molar-refractivity contribution in [1.82, 2.24) is 9.47 Å². The van der Waals surface area contributed by atoms with Gasteiger partial charge in [-0.05, 0) is 80.2 Å². The van der Waals surface area contributed by atoms with Gasteiger partial charge in [-0.15, -0.1) is 0 Å². The van der Waals surface area contributed by atoms with Crippen LogP contribution in [-0.4, -0.2) is 63.6 Å². The number of ether oxygens (including phenoxy) is 1. The van der Waals surface area contributed by atoms with Crippen LogP contribution >= 0.6 is 0 Å². The average Bonchev–Trinajstić information content (AvgIpc) is 3.60. The van der Waals surface area contributed by atoms with Crippen LogP contribution in [0.15, 0.2) is 30.3 Å². The number of hydrogen-bond donors (Lipinski definition) is 3. The molecule has 3 aromatic rings. The molecule has 2 fully saturated rings. The van der Waals surface area contributed by atoms with E-state index in [0.717, 1.165) is 56.8 Å². The fourth-order valence-electron chi connectivity index (χ4n) is 9.00. The molecular formula is C31H36N2O6S. The zero-order valence-corrected chi connectivity index (χ0v) is 23.6. The number of aryl methyl sites for hydroxylation is 2. The molecule has 40 heavy (non-hydrogen) atoms. The Balaban J connectivity index is 0.000000455. The lowest BCUT2D eigenvalue weighted by atomic mass is 9.49. The highest BCUT2D eigenvalue weighted by Gasteiger charge is 2.73. The molecule has 1 saturated carbocycles. The highest BCUT2D eigenvalue weighted by Crippen LogP contribution is 2.69. The second-order valence-corrected chi connectivity index (χ2v) is 14.4. The largest absolute Gasteiger partial charge is 0.504 e. The predicted molar refractivity (Wildman–Crippen MR) is 151 cm³/mol. The molecule has 4 atom stereocenters. The van der Waals surface area contributed by atoms with Crippen LogP contribution in [-0.2, 0) is 41.3 Å². The van der Waals surface area contributed by atoms with Gasteiger partial charge in [-0.25, -0.2) is 0 Å². The van der Waals surface area contributed by atoms with Gasteiger partial charge in [0.15, 0.2) is 17.6 Å². The first-order valence-electron chi connectivity index (χ1n) is 14.6. The highest BCUT2D eigenvalue weighted by atomic mass is 32.2. The Morgan fingerprint density at radius 1 is 1.10 bits per heavy atom. The maximum absolute atomic E-state index is 13.0. The number of likely N-dealkylation sites (tertiary alicyclic amines) is 1. The topological polar surface area (TPSA) is 112 Å². The number of benzene rings is 2. The number of piperidine rings is 1. The SMILES string of the molecule is CS(=O)(=O)O.Oc1ccc2c3c1O[C@H]1c4c(c5cccc6c5n4CCCC6)C[C@@]4(O)[C@H](C2)N(CC2CC2)CC[C@]314. The number of aromatic hydroxyl groups is 1. The first-order valence-corrected chi connectivity index (χ1v) is 16.5. The first-order chi connectivity index (χ1) is 19.1. The minimum atomic E-state index is -3.67. The van der Waals surface area contributed by atoms with Gasteiger partial charge in [0.05, 0.1) is 28.5 Å². The van der Waals surface area contributed by atoms with E-state index in [-0.39, 0.29) is 17.9 Å². The molecule has 1 spiro atoms. The second-order valence-electron chi connectivity index (χ2n) is 12.9. The van der Waals surface area contributed by atoms with Crippen molar-refractivity contribution in [2.75, 3.05) is 19.3 Å². The molecule has 6 aliphatic rings. The maximum atomic E-state index is 13.0. The molecular weight excluding hydrogens is 528 g/mol. The molecule has 1 saturated heterocycles. The fraction of sp³-hybridized carbons (Fsp3) is 0.548. The van der Waals surface area contributed by atoms with Crippen molar-refractivity contribution in [2.45, 2.75) is 81.1 Å². The first kappa shape index (κ1) is 25.1. The number of phenolic OH excluding ortho intramolecular Hbond substituents is 1. The molecule has 0 amide bonds. The summed E-state index contributed by atoms with van der Waals surface area (Å²) < 4.78 is 35.3. The third-order valence-corrected chi connectivity index (χ3v) is 10.6. The van der Waals surface area contributed by atoms with Crippen LogP contribution in [0.25, 0.3) is 10.9 Å². The number of hydrogen-bond acceptors (Lipinski definition) is 6. The van der Waals surface area contributed by atoms with Crippen molar-refractivity contribution >= 4 is 21.0 Å². The van der Waals surface area contributed by atoms with E-state index in [1.54, 1.807) is 0 Å². The smallest absolute Gasteiger partial charge is 0.261 e. The summed E-state index contributed by atoms with van der Waals surface area (Å²) in [5.74, 6) is 1.66. The summed E-state index contributed by atoms with van der Waals surface area (Å²) in [5.41, 5.74) is 6.35. The summed E-state index contributed by atoms with van der Waals surface area (Å²) in [4.78, 5) is 2.62. The molecule has 0 radical (unpaired) electrons. The van der Waals surface area contributed by atoms with Crippen molar-refractivity contribution in [1.29, 1.82) is 0 Å². The van der Waals surface area contributed by atoms with Crippen molar-refractivity contribution in [3.05, 3.63) is 58.3 Å². The summed E-state index contributed by atoms with van der Waals surface area (Å²) in [6.07, 6.45) is 9.00. The van der Waals surface area contributed by atoms with Crippen LogP contribution in [0.3, 0.4) is 0 Å². The van der Waals surface area contributed by atoms with E-state index in [9.17, 15) is 18.6 Å². The molecule has 2 bridgehead atoms. The van der Waals surface area contributed by atoms with Crippen LogP contribution in [0.5, 0.6) is 11.5 Å². The number of phenols is 1. The van der Waals surface area contributed by atoms with Gasteiger partial charge in [0, 0.05) is 36.5 Å². The molecule has 3 aliphatic carbocycles. The molecule has 9 rings (SSSR count). The standard InChI is InChI=1S/C30H32N2O3.CH4O3S/c33-22-10-9-19-14-23-30(34)15-21-20-6-3-5-18-4-1-2-12-32(25(18)20)26(21)28-29(30,24(19)27(22)35-28)11-13-31(23)16-17-7-8-17;1-5(2,3)4/h3,5-6,9-10,17,23,28,33-34H,1-2,4,7-8,11-16H2;1H3,(H,2,3,4)/t23-,28-,29-,30+;/m0./s1. The van der Waals surface area contributed by atoms with Gasteiger partial charge in [-0.3, -0.25) is 9.45 Å². The van der Waals surface area contributed by atoms with Crippen LogP contribution in [0.2, 0.25) is 0 Å². The number of rotatable bonds is 2. The Kier molecular flexibility index (Phi) is 5.18. The van der Waals surface area contributed by atoms with Crippen LogP contribution in [0.1, 0.15) is 66.2 Å². The number of fused-ring (bicyclic) bond motifs is 4. The zero-order chi connectivity index (χ0) is 27.6. The molecule has 0 unspecified atom stereocenters. The Morgan fingerprint density at radius 2 is 1.90 bits per heavy atom. The molecule has 8 nitrogen and oxygen atoms in total. The summed E-state index contributed by atoms with van der Waals surface area (Å²) in [7, 11) is -3.67. The number of aromatic nitrogens is 1. The molecule has 2 aromatic carbocycles. The van der Waals surface area contributed by atoms with Crippen LogP contribution < -0.4 is 4.74 Å². The van der Waals surface area contributed by atoms with Gasteiger partial charge >= 0.3 is 0 Å². The third kappa shape index (κ3) is 3.32. The van der Waals surface area contributed by atoms with E-state index in [2.05, 4.69) is 33.7 Å². The van der Waals surface area contributed by atoms with Crippen molar-refractivity contribution in [3.63, 3.8) is 0 Å². The number of aliphatic hydroxyl groups is 1. The van der Waals surface area contributed by atoms with Crippen molar-refractivity contribution in [2.24, 2.45) is 5.92 Å². The zero-order valence-electron chi connectivity index (χ0n) is 22.8. The monoisotopic (exact) mass is 564 g/mol. The molecule has 3 aliphatic heterocycles. The van der Waals surface area contributed by atoms with Crippen LogP contribution in [0, 0.1) is 5.92 Å². The van der Waals surface area contributed by atoms with E-state index in [1.807, 2.05) is 6.07 Å². The molecule has 3 N–H and O–H groups in total. The van der Waals surface area contributed by atoms with Gasteiger partial charge < -0.3 is 19.5 Å². The van der Waals surface area contributed by atoms with Crippen molar-refractivity contribution in [3.8, 4) is 11.5 Å². The summed E-state index contributed by atoms with van der Waals surface area (Å²) in [6, 6.07) is 10.8. The van der Waals surface area contributed by atoms with Gasteiger partial charge in [0.2, 0.25) is 0 Å². The maximum Gasteiger partial charge on any atom is 0.261 e. The lowest BCUT2D eigenvalue weighted by molar-refractivity contribution is -0.173. The minimum Gasteiger partial charge on any atom is -0.504 e. The molecule has 4 heterocycles. The molecule has 212 valence electrons. The van der Waals surface area contributed by atoms with Gasteiger partial charge in [-0.2, -0.15) is 8.42 Å².